The molecular formula is C16H16FNO2S. The average molecular weight is 305 g/mol. The van der Waals surface area contributed by atoms with E-state index in [4.69, 9.17) is 4.42 Å². The van der Waals surface area contributed by atoms with Crippen molar-refractivity contribution < 1.29 is 13.6 Å². The Balaban J connectivity index is 1.82. The molecule has 1 aliphatic heterocycles. The zero-order valence-electron chi connectivity index (χ0n) is 11.7. The number of halogens is 1. The Morgan fingerprint density at radius 1 is 1.38 bits per heavy atom. The summed E-state index contributed by atoms with van der Waals surface area (Å²) in [6.07, 6.45) is 0.829. The van der Waals surface area contributed by atoms with E-state index >= 15 is 0 Å². The van der Waals surface area contributed by atoms with Crippen LogP contribution >= 0.6 is 11.8 Å². The SMILES string of the molecule is CCc1ccc(C2SCC(=O)N2Cc2cccc(F)c2)o1. The second-order valence-electron chi connectivity index (χ2n) is 4.97. The Morgan fingerprint density at radius 2 is 2.24 bits per heavy atom. The molecule has 21 heavy (non-hydrogen) atoms. The third-order valence-corrected chi connectivity index (χ3v) is 4.70. The summed E-state index contributed by atoms with van der Waals surface area (Å²) >= 11 is 1.55. The summed E-state index contributed by atoms with van der Waals surface area (Å²) in [6.45, 7) is 2.43. The second kappa shape index (κ2) is 5.93. The molecule has 1 unspecified atom stereocenters. The first-order valence-electron chi connectivity index (χ1n) is 6.91. The number of amides is 1. The minimum Gasteiger partial charge on any atom is -0.463 e. The zero-order chi connectivity index (χ0) is 14.8. The predicted octanol–water partition coefficient (Wildman–Crippen LogP) is 3.76. The van der Waals surface area contributed by atoms with E-state index in [-0.39, 0.29) is 17.1 Å². The monoisotopic (exact) mass is 305 g/mol. The van der Waals surface area contributed by atoms with Gasteiger partial charge in [0.15, 0.2) is 0 Å². The molecule has 0 radical (unpaired) electrons. The van der Waals surface area contributed by atoms with Crippen LogP contribution in [0.1, 0.15) is 29.4 Å². The maximum Gasteiger partial charge on any atom is 0.234 e. The molecule has 3 rings (SSSR count). The summed E-state index contributed by atoms with van der Waals surface area (Å²) in [5, 5.41) is -0.124. The Hall–Kier alpha value is -1.75. The first kappa shape index (κ1) is 14.2. The largest absolute Gasteiger partial charge is 0.463 e. The lowest BCUT2D eigenvalue weighted by Crippen LogP contribution is -2.27. The molecular weight excluding hydrogens is 289 g/mol. The van der Waals surface area contributed by atoms with Crippen LogP contribution in [0.2, 0.25) is 0 Å². The Morgan fingerprint density at radius 3 is 2.95 bits per heavy atom. The number of nitrogens with zero attached hydrogens (tertiary/aromatic N) is 1. The molecule has 1 aromatic carbocycles. The predicted molar refractivity (Wildman–Crippen MR) is 80.2 cm³/mol. The molecule has 110 valence electrons. The van der Waals surface area contributed by atoms with Crippen LogP contribution in [-0.2, 0) is 17.8 Å². The summed E-state index contributed by atoms with van der Waals surface area (Å²) in [6, 6.07) is 10.2. The summed E-state index contributed by atoms with van der Waals surface area (Å²) in [7, 11) is 0. The molecule has 1 aromatic heterocycles. The number of aryl methyl sites for hydroxylation is 1. The van der Waals surface area contributed by atoms with Crippen molar-refractivity contribution in [3.05, 3.63) is 59.3 Å². The van der Waals surface area contributed by atoms with Gasteiger partial charge in [0.25, 0.3) is 0 Å². The zero-order valence-corrected chi connectivity index (χ0v) is 12.5. The van der Waals surface area contributed by atoms with Gasteiger partial charge in [0.2, 0.25) is 5.91 Å². The van der Waals surface area contributed by atoms with Gasteiger partial charge in [-0.3, -0.25) is 4.79 Å². The maximum atomic E-state index is 13.3. The highest BCUT2D eigenvalue weighted by Gasteiger charge is 2.34. The molecule has 0 bridgehead atoms. The topological polar surface area (TPSA) is 33.5 Å². The van der Waals surface area contributed by atoms with E-state index < -0.39 is 0 Å². The third-order valence-electron chi connectivity index (χ3n) is 3.48. The first-order valence-corrected chi connectivity index (χ1v) is 7.96. The lowest BCUT2D eigenvalue weighted by Gasteiger charge is -2.22. The van der Waals surface area contributed by atoms with Crippen molar-refractivity contribution in [3.8, 4) is 0 Å². The molecule has 1 fully saturated rings. The van der Waals surface area contributed by atoms with Crippen LogP contribution in [0.5, 0.6) is 0 Å². The standard InChI is InChI=1S/C16H16FNO2S/c1-2-13-6-7-14(20-13)16-18(15(19)10-21-16)9-11-4-3-5-12(17)8-11/h3-8,16H,2,9-10H2,1H3. The Labute approximate surface area is 127 Å². The van der Waals surface area contributed by atoms with E-state index in [0.29, 0.717) is 12.3 Å². The van der Waals surface area contributed by atoms with Gasteiger partial charge in [-0.2, -0.15) is 0 Å². The van der Waals surface area contributed by atoms with Gasteiger partial charge in [-0.25, -0.2) is 4.39 Å². The van der Waals surface area contributed by atoms with E-state index in [1.54, 1.807) is 22.7 Å². The van der Waals surface area contributed by atoms with E-state index in [0.717, 1.165) is 23.5 Å². The van der Waals surface area contributed by atoms with Gasteiger partial charge in [-0.05, 0) is 29.8 Å². The molecule has 1 aliphatic rings. The number of thioether (sulfide) groups is 1. The fourth-order valence-electron chi connectivity index (χ4n) is 2.41. The number of hydrogen-bond donors (Lipinski definition) is 0. The van der Waals surface area contributed by atoms with Crippen LogP contribution in [0.3, 0.4) is 0 Å². The number of carbonyl (C=O) groups is 1. The van der Waals surface area contributed by atoms with Gasteiger partial charge in [0.1, 0.15) is 22.7 Å². The molecule has 3 nitrogen and oxygen atoms in total. The van der Waals surface area contributed by atoms with Crippen LogP contribution < -0.4 is 0 Å². The Kier molecular flexibility index (Phi) is 4.01. The fourth-order valence-corrected chi connectivity index (χ4v) is 3.54. The van der Waals surface area contributed by atoms with Crippen LogP contribution in [-0.4, -0.2) is 16.6 Å². The minimum absolute atomic E-state index is 0.0590. The molecule has 0 N–H and O–H groups in total. The van der Waals surface area contributed by atoms with Crippen LogP contribution in [0.15, 0.2) is 40.8 Å². The lowest BCUT2D eigenvalue weighted by molar-refractivity contribution is -0.128. The molecule has 2 heterocycles. The summed E-state index contributed by atoms with van der Waals surface area (Å²) < 4.78 is 19.0. The number of benzene rings is 1. The molecule has 0 saturated carbocycles. The van der Waals surface area contributed by atoms with Crippen molar-refractivity contribution in [1.29, 1.82) is 0 Å². The summed E-state index contributed by atoms with van der Waals surface area (Å²) in [5.41, 5.74) is 0.790. The molecule has 2 aromatic rings. The molecule has 1 amide bonds. The highest BCUT2D eigenvalue weighted by Crippen LogP contribution is 2.40. The maximum absolute atomic E-state index is 13.3. The smallest absolute Gasteiger partial charge is 0.234 e. The van der Waals surface area contributed by atoms with Crippen molar-refractivity contribution in [2.75, 3.05) is 5.75 Å². The van der Waals surface area contributed by atoms with E-state index in [1.165, 1.54) is 12.1 Å². The van der Waals surface area contributed by atoms with Crippen LogP contribution in [0, 0.1) is 5.82 Å². The van der Waals surface area contributed by atoms with Crippen molar-refractivity contribution in [2.24, 2.45) is 0 Å². The van der Waals surface area contributed by atoms with Gasteiger partial charge in [-0.1, -0.05) is 19.1 Å². The van der Waals surface area contributed by atoms with Gasteiger partial charge in [-0.15, -0.1) is 11.8 Å². The van der Waals surface area contributed by atoms with E-state index in [1.807, 2.05) is 25.1 Å². The quantitative estimate of drug-likeness (QED) is 0.862. The van der Waals surface area contributed by atoms with Gasteiger partial charge < -0.3 is 9.32 Å². The normalized spacial score (nSPS) is 18.5. The van der Waals surface area contributed by atoms with Crippen molar-refractivity contribution in [3.63, 3.8) is 0 Å². The third kappa shape index (κ3) is 2.97. The minimum atomic E-state index is -0.283. The number of carbonyl (C=O) groups excluding carboxylic acids is 1. The highest BCUT2D eigenvalue weighted by atomic mass is 32.2. The molecule has 5 heteroatoms. The average Bonchev–Trinajstić information content (AvgIpc) is 3.07. The van der Waals surface area contributed by atoms with Gasteiger partial charge in [0, 0.05) is 13.0 Å². The van der Waals surface area contributed by atoms with Crippen LogP contribution in [0.4, 0.5) is 4.39 Å². The van der Waals surface area contributed by atoms with Crippen molar-refractivity contribution in [1.82, 2.24) is 4.90 Å². The second-order valence-corrected chi connectivity index (χ2v) is 6.04. The molecule has 1 saturated heterocycles. The van der Waals surface area contributed by atoms with Crippen molar-refractivity contribution in [2.45, 2.75) is 25.3 Å². The van der Waals surface area contributed by atoms with Gasteiger partial charge in [0.05, 0.1) is 5.75 Å². The lowest BCUT2D eigenvalue weighted by atomic mass is 10.2. The van der Waals surface area contributed by atoms with Crippen molar-refractivity contribution >= 4 is 17.7 Å². The van der Waals surface area contributed by atoms with E-state index in [2.05, 4.69) is 0 Å². The number of furan rings is 1. The number of hydrogen-bond acceptors (Lipinski definition) is 3. The summed E-state index contributed by atoms with van der Waals surface area (Å²) in [4.78, 5) is 13.8. The Bertz CT molecular complexity index is 655. The first-order chi connectivity index (χ1) is 10.2. The van der Waals surface area contributed by atoms with E-state index in [9.17, 15) is 9.18 Å². The van der Waals surface area contributed by atoms with Crippen LogP contribution in [0.25, 0.3) is 0 Å². The molecule has 1 atom stereocenters. The molecule has 0 spiro atoms. The summed E-state index contributed by atoms with van der Waals surface area (Å²) in [5.74, 6) is 1.91. The number of rotatable bonds is 4. The molecule has 0 aliphatic carbocycles. The highest BCUT2D eigenvalue weighted by molar-refractivity contribution is 8.00. The fraction of sp³-hybridized carbons (Fsp3) is 0.312. The van der Waals surface area contributed by atoms with Gasteiger partial charge >= 0.3 is 0 Å².